The Morgan fingerprint density at radius 2 is 1.83 bits per heavy atom. The fourth-order valence-corrected chi connectivity index (χ4v) is 3.42. The van der Waals surface area contributed by atoms with Gasteiger partial charge in [-0.2, -0.15) is 0 Å². The van der Waals surface area contributed by atoms with Crippen LogP contribution in [0.2, 0.25) is 0 Å². The predicted molar refractivity (Wildman–Crippen MR) is 99.1 cm³/mol. The number of rotatable bonds is 6. The fourth-order valence-electron chi connectivity index (χ4n) is 3.42. The van der Waals surface area contributed by atoms with E-state index >= 15 is 0 Å². The third-order valence-corrected chi connectivity index (χ3v) is 4.97. The van der Waals surface area contributed by atoms with E-state index in [-0.39, 0.29) is 23.7 Å². The van der Waals surface area contributed by atoms with Crippen molar-refractivity contribution in [1.82, 2.24) is 10.3 Å². The maximum atomic E-state index is 14.2. The van der Waals surface area contributed by atoms with E-state index < -0.39 is 17.9 Å². The lowest BCUT2D eigenvalue weighted by Gasteiger charge is -2.36. The Morgan fingerprint density at radius 3 is 2.57 bits per heavy atom. The third-order valence-electron chi connectivity index (χ3n) is 4.97. The molecular weight excluding hydrogens is 407 g/mol. The van der Waals surface area contributed by atoms with Gasteiger partial charge < -0.3 is 14.8 Å². The summed E-state index contributed by atoms with van der Waals surface area (Å²) < 4.78 is 73.7. The third kappa shape index (κ3) is 4.62. The number of halogens is 5. The average molecular weight is 424 g/mol. The van der Waals surface area contributed by atoms with Crippen molar-refractivity contribution < 1.29 is 31.4 Å². The first-order chi connectivity index (χ1) is 14.3. The number of nitrogens with one attached hydrogen (secondary N) is 1. The highest BCUT2D eigenvalue weighted by molar-refractivity contribution is 5.84. The van der Waals surface area contributed by atoms with E-state index in [0.29, 0.717) is 24.9 Å². The van der Waals surface area contributed by atoms with E-state index in [2.05, 4.69) is 15.0 Å². The summed E-state index contributed by atoms with van der Waals surface area (Å²) in [4.78, 5) is 4.04. The summed E-state index contributed by atoms with van der Waals surface area (Å²) in [6, 6.07) is 7.91. The molecule has 4 rings (SSSR count). The Bertz CT molecular complexity index is 1050. The quantitative estimate of drug-likeness (QED) is 0.559. The van der Waals surface area contributed by atoms with Gasteiger partial charge in [-0.3, -0.25) is 4.98 Å². The molecular formula is C21H17F5N2O2. The van der Waals surface area contributed by atoms with Gasteiger partial charge >= 0.3 is 6.36 Å². The van der Waals surface area contributed by atoms with Gasteiger partial charge in [-0.15, -0.1) is 13.2 Å². The highest BCUT2D eigenvalue weighted by Gasteiger charge is 2.33. The van der Waals surface area contributed by atoms with Crippen LogP contribution in [0.25, 0.3) is 10.8 Å². The first kappa shape index (κ1) is 20.3. The Hall–Kier alpha value is -2.94. The number of alkyl halides is 3. The van der Waals surface area contributed by atoms with E-state index in [1.807, 2.05) is 0 Å². The molecule has 0 bridgehead atoms. The zero-order valence-corrected chi connectivity index (χ0v) is 15.5. The summed E-state index contributed by atoms with van der Waals surface area (Å²) in [6.45, 7) is 0.336. The number of hydrogen-bond donors (Lipinski definition) is 1. The minimum Gasteiger partial charge on any atom is -0.490 e. The predicted octanol–water partition coefficient (Wildman–Crippen LogP) is 5.11. The highest BCUT2D eigenvalue weighted by Crippen LogP contribution is 2.31. The molecule has 1 heterocycles. The van der Waals surface area contributed by atoms with Crippen LogP contribution in [0.15, 0.2) is 48.8 Å². The van der Waals surface area contributed by atoms with Crippen LogP contribution >= 0.6 is 0 Å². The number of pyridine rings is 1. The Balaban J connectivity index is 1.30. The van der Waals surface area contributed by atoms with Gasteiger partial charge in [-0.05, 0) is 48.6 Å². The summed E-state index contributed by atoms with van der Waals surface area (Å²) >= 11 is 0. The normalized spacial score (nSPS) is 18.8. The molecule has 1 N–H and O–H groups in total. The molecule has 1 saturated carbocycles. The largest absolute Gasteiger partial charge is 0.573 e. The van der Waals surface area contributed by atoms with E-state index in [9.17, 15) is 22.0 Å². The molecule has 1 aliphatic rings. The fraction of sp³-hybridized carbons (Fsp3) is 0.286. The van der Waals surface area contributed by atoms with E-state index in [0.717, 1.165) is 22.9 Å². The van der Waals surface area contributed by atoms with Crippen molar-refractivity contribution >= 4 is 10.8 Å². The molecule has 0 unspecified atom stereocenters. The maximum absolute atomic E-state index is 14.2. The van der Waals surface area contributed by atoms with Crippen LogP contribution in [-0.4, -0.2) is 23.5 Å². The van der Waals surface area contributed by atoms with Crippen LogP contribution in [0.5, 0.6) is 11.5 Å². The average Bonchev–Trinajstić information content (AvgIpc) is 2.66. The van der Waals surface area contributed by atoms with Gasteiger partial charge in [0.2, 0.25) is 0 Å². The van der Waals surface area contributed by atoms with E-state index in [1.165, 1.54) is 12.1 Å². The van der Waals surface area contributed by atoms with Crippen molar-refractivity contribution in [2.45, 2.75) is 37.9 Å². The van der Waals surface area contributed by atoms with E-state index in [4.69, 9.17) is 4.74 Å². The molecule has 4 nitrogen and oxygen atoms in total. The molecule has 0 saturated heterocycles. The van der Waals surface area contributed by atoms with Gasteiger partial charge in [-0.1, -0.05) is 0 Å². The molecule has 0 aliphatic heterocycles. The molecule has 2 aromatic carbocycles. The molecule has 158 valence electrons. The van der Waals surface area contributed by atoms with Crippen molar-refractivity contribution in [3.63, 3.8) is 0 Å². The number of nitrogens with zero attached hydrogens (tertiary/aromatic N) is 1. The van der Waals surface area contributed by atoms with Crippen molar-refractivity contribution in [2.24, 2.45) is 0 Å². The Morgan fingerprint density at radius 1 is 1.03 bits per heavy atom. The molecule has 1 aromatic heterocycles. The lowest BCUT2D eigenvalue weighted by atomic mass is 9.89. The number of benzene rings is 2. The van der Waals surface area contributed by atoms with Crippen molar-refractivity contribution in [3.8, 4) is 11.5 Å². The summed E-state index contributed by atoms with van der Waals surface area (Å²) in [6.07, 6.45) is -0.668. The maximum Gasteiger partial charge on any atom is 0.573 e. The smallest absolute Gasteiger partial charge is 0.490 e. The number of fused-ring (bicyclic) bond motifs is 1. The Labute approximate surface area is 168 Å². The highest BCUT2D eigenvalue weighted by atomic mass is 19.4. The van der Waals surface area contributed by atoms with Gasteiger partial charge in [0, 0.05) is 42.0 Å². The Kier molecular flexibility index (Phi) is 5.46. The van der Waals surface area contributed by atoms with Gasteiger partial charge in [0.05, 0.1) is 0 Å². The summed E-state index contributed by atoms with van der Waals surface area (Å²) in [5.41, 5.74) is 0.557. The number of ether oxygens (including phenoxy) is 2. The molecule has 1 fully saturated rings. The molecule has 0 amide bonds. The summed E-state index contributed by atoms with van der Waals surface area (Å²) in [7, 11) is 0. The van der Waals surface area contributed by atoms with Crippen LogP contribution < -0.4 is 14.8 Å². The lowest BCUT2D eigenvalue weighted by Crippen LogP contribution is -2.46. The SMILES string of the molecule is Fc1cc(O[C@H]2C[C@H](NCc3c(F)ccc4cnccc34)C2)ccc1OC(F)(F)F. The van der Waals surface area contributed by atoms with Gasteiger partial charge in [0.1, 0.15) is 17.7 Å². The van der Waals surface area contributed by atoms with E-state index in [1.54, 1.807) is 24.5 Å². The number of aromatic nitrogens is 1. The van der Waals surface area contributed by atoms with Gasteiger partial charge in [0.25, 0.3) is 0 Å². The van der Waals surface area contributed by atoms with Crippen molar-refractivity contribution in [3.05, 3.63) is 66.0 Å². The topological polar surface area (TPSA) is 43.4 Å². The minimum atomic E-state index is -4.96. The monoisotopic (exact) mass is 424 g/mol. The molecule has 1 aliphatic carbocycles. The second-order valence-corrected chi connectivity index (χ2v) is 7.05. The van der Waals surface area contributed by atoms with Crippen molar-refractivity contribution in [1.29, 1.82) is 0 Å². The molecule has 0 spiro atoms. The van der Waals surface area contributed by atoms with Crippen LogP contribution in [0.1, 0.15) is 18.4 Å². The van der Waals surface area contributed by atoms with Crippen molar-refractivity contribution in [2.75, 3.05) is 0 Å². The van der Waals surface area contributed by atoms with Crippen LogP contribution in [0.4, 0.5) is 22.0 Å². The minimum absolute atomic E-state index is 0.0872. The number of hydrogen-bond acceptors (Lipinski definition) is 4. The van der Waals surface area contributed by atoms with Crippen LogP contribution in [0.3, 0.4) is 0 Å². The zero-order valence-electron chi connectivity index (χ0n) is 15.5. The molecule has 0 atom stereocenters. The molecule has 3 aromatic rings. The van der Waals surface area contributed by atoms with Crippen LogP contribution in [-0.2, 0) is 6.54 Å². The summed E-state index contributed by atoms with van der Waals surface area (Å²) in [5, 5.41) is 4.92. The second kappa shape index (κ2) is 8.06. The standard InChI is InChI=1S/C21H17F5N2O2/c22-18-3-1-12-10-27-6-5-16(12)17(18)11-28-13-7-15(8-13)29-14-2-4-20(19(23)9-14)30-21(24,25)26/h1-6,9-10,13,15,28H,7-8,11H2/t13-,15-. The second-order valence-electron chi connectivity index (χ2n) is 7.05. The van der Waals surface area contributed by atoms with Gasteiger partial charge in [0.15, 0.2) is 11.6 Å². The first-order valence-corrected chi connectivity index (χ1v) is 9.25. The molecule has 0 radical (unpaired) electrons. The van der Waals surface area contributed by atoms with Crippen LogP contribution in [0, 0.1) is 11.6 Å². The summed E-state index contributed by atoms with van der Waals surface area (Å²) in [5.74, 6) is -2.24. The van der Waals surface area contributed by atoms with Gasteiger partial charge in [-0.25, -0.2) is 8.78 Å². The lowest BCUT2D eigenvalue weighted by molar-refractivity contribution is -0.275. The zero-order chi connectivity index (χ0) is 21.3. The first-order valence-electron chi connectivity index (χ1n) is 9.25. The molecule has 9 heteroatoms. The molecule has 30 heavy (non-hydrogen) atoms.